The van der Waals surface area contributed by atoms with Gasteiger partial charge in [-0.3, -0.25) is 0 Å². The second-order valence-electron chi connectivity index (χ2n) is 2.27. The molecule has 1 heterocycles. The van der Waals surface area contributed by atoms with Crippen LogP contribution in [0.15, 0.2) is 15.4 Å². The summed E-state index contributed by atoms with van der Waals surface area (Å²) in [6, 6.07) is 0.875. The van der Waals surface area contributed by atoms with E-state index in [1.165, 1.54) is 6.92 Å². The van der Waals surface area contributed by atoms with Crippen molar-refractivity contribution in [1.82, 2.24) is 0 Å². The Morgan fingerprint density at radius 2 is 2.15 bits per heavy atom. The minimum absolute atomic E-state index is 0.0348. The van der Waals surface area contributed by atoms with Gasteiger partial charge in [-0.15, -0.1) is 0 Å². The van der Waals surface area contributed by atoms with Crippen molar-refractivity contribution in [3.05, 3.63) is 17.6 Å². The van der Waals surface area contributed by atoms with Crippen molar-refractivity contribution in [2.45, 2.75) is 11.8 Å². The Bertz CT molecular complexity index is 444. The number of carbonyl (C=O) groups is 1. The van der Waals surface area contributed by atoms with Gasteiger partial charge in [0.15, 0.2) is 0 Å². The highest BCUT2D eigenvalue weighted by Crippen LogP contribution is 2.23. The average molecular weight is 225 g/mol. The fourth-order valence-corrected chi connectivity index (χ4v) is 1.91. The van der Waals surface area contributed by atoms with E-state index in [1.54, 1.807) is 0 Å². The van der Waals surface area contributed by atoms with E-state index in [4.69, 9.17) is 15.8 Å². The maximum atomic E-state index is 10.8. The molecule has 7 heteroatoms. The van der Waals surface area contributed by atoms with Crippen LogP contribution in [0.1, 0.15) is 16.3 Å². The van der Waals surface area contributed by atoms with Crippen LogP contribution in [-0.2, 0) is 9.05 Å². The third kappa shape index (κ3) is 2.02. The number of carboxylic acids is 1. The molecule has 1 N–H and O–H groups in total. The number of hydrogen-bond donors (Lipinski definition) is 1. The zero-order chi connectivity index (χ0) is 10.2. The third-order valence-corrected chi connectivity index (χ3v) is 2.78. The van der Waals surface area contributed by atoms with Gasteiger partial charge in [0.25, 0.3) is 9.05 Å². The Morgan fingerprint density at radius 1 is 1.62 bits per heavy atom. The van der Waals surface area contributed by atoms with E-state index in [9.17, 15) is 13.2 Å². The van der Waals surface area contributed by atoms with Crippen LogP contribution < -0.4 is 0 Å². The number of rotatable bonds is 2. The Balaban J connectivity index is 3.35. The van der Waals surface area contributed by atoms with Crippen molar-refractivity contribution in [1.29, 1.82) is 0 Å². The van der Waals surface area contributed by atoms with Crippen molar-refractivity contribution in [3.63, 3.8) is 0 Å². The van der Waals surface area contributed by atoms with E-state index in [0.29, 0.717) is 0 Å². The Morgan fingerprint density at radius 3 is 2.38 bits per heavy atom. The molecule has 1 rings (SSSR count). The fraction of sp³-hybridized carbons (Fsp3) is 0.167. The average Bonchev–Trinajstić information content (AvgIpc) is 2.29. The molecule has 0 bridgehead atoms. The highest BCUT2D eigenvalue weighted by molar-refractivity contribution is 8.13. The van der Waals surface area contributed by atoms with Gasteiger partial charge in [-0.2, -0.15) is 0 Å². The molecule has 0 saturated carbocycles. The third-order valence-electron chi connectivity index (χ3n) is 1.35. The first-order chi connectivity index (χ1) is 5.82. The molecule has 1 aromatic rings. The molecule has 0 amide bonds. The van der Waals surface area contributed by atoms with Crippen LogP contribution in [0.3, 0.4) is 0 Å². The van der Waals surface area contributed by atoms with Gasteiger partial charge in [-0.05, 0) is 6.92 Å². The van der Waals surface area contributed by atoms with Crippen molar-refractivity contribution < 1.29 is 22.7 Å². The van der Waals surface area contributed by atoms with Crippen molar-refractivity contribution in [3.8, 4) is 0 Å². The lowest BCUT2D eigenvalue weighted by molar-refractivity contribution is 0.0661. The topological polar surface area (TPSA) is 84.6 Å². The van der Waals surface area contributed by atoms with Crippen LogP contribution in [0.5, 0.6) is 0 Å². The predicted octanol–water partition coefficient (Wildman–Crippen LogP) is 1.21. The first kappa shape index (κ1) is 10.1. The van der Waals surface area contributed by atoms with E-state index in [0.717, 1.165) is 6.07 Å². The lowest BCUT2D eigenvalue weighted by Crippen LogP contribution is -1.92. The van der Waals surface area contributed by atoms with Crippen molar-refractivity contribution in [2.75, 3.05) is 0 Å². The van der Waals surface area contributed by atoms with Gasteiger partial charge in [-0.25, -0.2) is 13.2 Å². The number of aryl methyl sites for hydroxylation is 1. The number of halogens is 1. The molecule has 0 unspecified atom stereocenters. The summed E-state index contributed by atoms with van der Waals surface area (Å²) in [6.07, 6.45) is 0. The van der Waals surface area contributed by atoms with Gasteiger partial charge in [0.1, 0.15) is 10.7 Å². The van der Waals surface area contributed by atoms with Gasteiger partial charge < -0.3 is 9.52 Å². The molecule has 72 valence electrons. The van der Waals surface area contributed by atoms with Crippen molar-refractivity contribution in [2.24, 2.45) is 0 Å². The van der Waals surface area contributed by atoms with E-state index < -0.39 is 20.8 Å². The zero-order valence-corrected chi connectivity index (χ0v) is 8.02. The second kappa shape index (κ2) is 3.04. The Labute approximate surface area is 78.3 Å². The van der Waals surface area contributed by atoms with Crippen LogP contribution >= 0.6 is 10.7 Å². The molecule has 0 atom stereocenters. The van der Waals surface area contributed by atoms with Gasteiger partial charge in [0.05, 0.1) is 0 Å². The van der Waals surface area contributed by atoms with Crippen molar-refractivity contribution >= 4 is 25.7 Å². The number of carboxylic acid groups (broad SMARTS) is 1. The molecule has 0 spiro atoms. The lowest BCUT2D eigenvalue weighted by atomic mass is 10.4. The summed E-state index contributed by atoms with van der Waals surface area (Å²) in [4.78, 5) is 10.0. The molecule has 13 heavy (non-hydrogen) atoms. The van der Waals surface area contributed by atoms with E-state index in [1.807, 2.05) is 0 Å². The summed E-state index contributed by atoms with van der Waals surface area (Å²) < 4.78 is 26.2. The molecule has 1 aromatic heterocycles. The number of furan rings is 1. The summed E-state index contributed by atoms with van der Waals surface area (Å²) in [5, 5.41) is 8.46. The molecule has 5 nitrogen and oxygen atoms in total. The molecule has 0 aliphatic heterocycles. The number of aromatic carboxylic acids is 1. The SMILES string of the molecule is Cc1oc(C(=O)O)cc1S(=O)(=O)Cl. The van der Waals surface area contributed by atoms with Crippen LogP contribution in [0.25, 0.3) is 0 Å². The quantitative estimate of drug-likeness (QED) is 0.764. The molecule has 0 aliphatic rings. The molecular weight excluding hydrogens is 220 g/mol. The van der Waals surface area contributed by atoms with Gasteiger partial charge in [-0.1, -0.05) is 0 Å². The van der Waals surface area contributed by atoms with Crippen LogP contribution in [0.4, 0.5) is 0 Å². The molecule has 0 fully saturated rings. The Hall–Kier alpha value is -1.01. The van der Waals surface area contributed by atoms with Crippen LogP contribution in [-0.4, -0.2) is 19.5 Å². The second-order valence-corrected chi connectivity index (χ2v) is 4.81. The molecule has 0 aliphatic carbocycles. The summed E-state index contributed by atoms with van der Waals surface area (Å²) in [5.41, 5.74) is 0. The molecule has 0 radical (unpaired) electrons. The van der Waals surface area contributed by atoms with Crippen LogP contribution in [0.2, 0.25) is 0 Å². The maximum Gasteiger partial charge on any atom is 0.371 e. The normalized spacial score (nSPS) is 11.5. The smallest absolute Gasteiger partial charge is 0.371 e. The minimum atomic E-state index is -3.93. The first-order valence-corrected chi connectivity index (χ1v) is 5.41. The molecule has 0 aromatic carbocycles. The van der Waals surface area contributed by atoms with Gasteiger partial charge >= 0.3 is 5.97 Å². The number of hydrogen-bond acceptors (Lipinski definition) is 4. The molecular formula is C6H5ClO5S. The predicted molar refractivity (Wildman–Crippen MR) is 43.4 cm³/mol. The minimum Gasteiger partial charge on any atom is -0.475 e. The standard InChI is InChI=1S/C6H5ClO5S/c1-3-5(13(7,10)11)2-4(12-3)6(8)9/h2H,1H3,(H,8,9). The first-order valence-electron chi connectivity index (χ1n) is 3.11. The monoisotopic (exact) mass is 224 g/mol. The summed E-state index contributed by atoms with van der Waals surface area (Å²) in [7, 11) is 1.07. The summed E-state index contributed by atoms with van der Waals surface area (Å²) >= 11 is 0. The van der Waals surface area contributed by atoms with Gasteiger partial charge in [0.2, 0.25) is 5.76 Å². The van der Waals surface area contributed by atoms with E-state index >= 15 is 0 Å². The summed E-state index contributed by atoms with van der Waals surface area (Å²) in [6.45, 7) is 1.32. The van der Waals surface area contributed by atoms with Crippen LogP contribution in [0, 0.1) is 6.92 Å². The van der Waals surface area contributed by atoms with Gasteiger partial charge in [0, 0.05) is 16.7 Å². The zero-order valence-electron chi connectivity index (χ0n) is 6.44. The summed E-state index contributed by atoms with van der Waals surface area (Å²) in [5.74, 6) is -1.82. The lowest BCUT2D eigenvalue weighted by Gasteiger charge is -1.88. The Kier molecular flexibility index (Phi) is 2.36. The highest BCUT2D eigenvalue weighted by atomic mass is 35.7. The highest BCUT2D eigenvalue weighted by Gasteiger charge is 2.21. The van der Waals surface area contributed by atoms with E-state index in [-0.39, 0.29) is 10.7 Å². The fourth-order valence-electron chi connectivity index (χ4n) is 0.813. The molecule has 0 saturated heterocycles. The van der Waals surface area contributed by atoms with E-state index in [2.05, 4.69) is 4.42 Å². The largest absolute Gasteiger partial charge is 0.475 e. The maximum absolute atomic E-state index is 10.8.